The highest BCUT2D eigenvalue weighted by Crippen LogP contribution is 2.30. The lowest BCUT2D eigenvalue weighted by Gasteiger charge is -2.32. The maximum Gasteiger partial charge on any atom is 0.314 e. The average Bonchev–Trinajstić information content (AvgIpc) is 3.11. The SMILES string of the molecule is CCOC(=O)C1(CCOC)CNC(=O)CCCN(C(=O)c2cccn(Cc3c(Cl)cccc3Cl)c2=O)CCCNC(=O)COc2ccc(cc2)C1. The Hall–Kier alpha value is -4.39. The van der Waals surface area contributed by atoms with Gasteiger partial charge in [-0.1, -0.05) is 41.4 Å². The number of ether oxygens (including phenoxy) is 3. The van der Waals surface area contributed by atoms with E-state index in [9.17, 15) is 24.0 Å². The quantitative estimate of drug-likeness (QED) is 0.326. The molecule has 1 atom stereocenters. The lowest BCUT2D eigenvalue weighted by atomic mass is 9.78. The fourth-order valence-corrected chi connectivity index (χ4v) is 6.33. The summed E-state index contributed by atoms with van der Waals surface area (Å²) >= 11 is 12.7. The van der Waals surface area contributed by atoms with Gasteiger partial charge in [0.1, 0.15) is 11.3 Å². The van der Waals surface area contributed by atoms with Gasteiger partial charge >= 0.3 is 5.97 Å². The number of hydrogen-bond acceptors (Lipinski definition) is 8. The van der Waals surface area contributed by atoms with E-state index in [-0.39, 0.29) is 89.2 Å². The van der Waals surface area contributed by atoms with Crippen molar-refractivity contribution in [1.82, 2.24) is 20.1 Å². The van der Waals surface area contributed by atoms with E-state index in [0.717, 1.165) is 5.56 Å². The predicted molar refractivity (Wildman–Crippen MR) is 193 cm³/mol. The van der Waals surface area contributed by atoms with E-state index in [2.05, 4.69) is 10.6 Å². The molecule has 3 aromatic rings. The molecule has 3 heterocycles. The highest BCUT2D eigenvalue weighted by atomic mass is 35.5. The van der Waals surface area contributed by atoms with Crippen LogP contribution in [-0.4, -0.2) is 86.3 Å². The lowest BCUT2D eigenvalue weighted by molar-refractivity contribution is -0.156. The van der Waals surface area contributed by atoms with Crippen LogP contribution in [0.15, 0.2) is 65.6 Å². The smallest absolute Gasteiger partial charge is 0.314 e. The molecule has 0 radical (unpaired) electrons. The second-order valence-corrected chi connectivity index (χ2v) is 13.1. The molecule has 51 heavy (non-hydrogen) atoms. The Balaban J connectivity index is 1.56. The minimum Gasteiger partial charge on any atom is -0.484 e. The molecule has 0 spiro atoms. The summed E-state index contributed by atoms with van der Waals surface area (Å²) in [7, 11) is 1.54. The van der Waals surface area contributed by atoms with E-state index in [4.69, 9.17) is 37.4 Å². The zero-order valence-electron chi connectivity index (χ0n) is 28.9. The number of aromatic nitrogens is 1. The Morgan fingerprint density at radius 3 is 2.37 bits per heavy atom. The zero-order valence-corrected chi connectivity index (χ0v) is 30.4. The molecule has 0 saturated carbocycles. The molecule has 0 fully saturated rings. The van der Waals surface area contributed by atoms with Crippen molar-refractivity contribution >= 4 is 46.9 Å². The van der Waals surface area contributed by atoms with Gasteiger partial charge in [-0.25, -0.2) is 0 Å². The maximum atomic E-state index is 13.9. The number of carbonyl (C=O) groups excluding carboxylic acids is 4. The summed E-state index contributed by atoms with van der Waals surface area (Å²) in [4.78, 5) is 68.1. The van der Waals surface area contributed by atoms with Crippen LogP contribution in [-0.2, 0) is 36.8 Å². The molecule has 2 N–H and O–H groups in total. The second-order valence-electron chi connectivity index (χ2n) is 12.3. The third-order valence-electron chi connectivity index (χ3n) is 8.64. The highest BCUT2D eigenvalue weighted by molar-refractivity contribution is 6.36. The molecule has 1 unspecified atom stereocenters. The first kappa shape index (κ1) is 39.4. The van der Waals surface area contributed by atoms with E-state index in [1.165, 1.54) is 22.6 Å². The van der Waals surface area contributed by atoms with Crippen molar-refractivity contribution in [3.05, 3.63) is 97.9 Å². The number of halogens is 2. The minimum absolute atomic E-state index is 0.00803. The normalized spacial score (nSPS) is 17.9. The van der Waals surface area contributed by atoms with Crippen LogP contribution in [0.5, 0.6) is 5.75 Å². The fourth-order valence-electron chi connectivity index (χ4n) is 5.81. The molecule has 0 aliphatic carbocycles. The number of esters is 1. The van der Waals surface area contributed by atoms with Gasteiger partial charge in [-0.15, -0.1) is 0 Å². The minimum atomic E-state index is -1.12. The molecule has 14 heteroatoms. The zero-order chi connectivity index (χ0) is 36.8. The summed E-state index contributed by atoms with van der Waals surface area (Å²) in [6, 6.07) is 15.2. The average molecular weight is 744 g/mol. The van der Waals surface area contributed by atoms with Crippen LogP contribution in [0.3, 0.4) is 0 Å². The van der Waals surface area contributed by atoms with Gasteiger partial charge in [-0.05, 0) is 74.6 Å². The van der Waals surface area contributed by atoms with Gasteiger partial charge in [0.15, 0.2) is 6.61 Å². The van der Waals surface area contributed by atoms with Crippen molar-refractivity contribution in [3.8, 4) is 5.75 Å². The number of pyridine rings is 1. The highest BCUT2D eigenvalue weighted by Gasteiger charge is 2.40. The molecule has 3 amide bonds. The van der Waals surface area contributed by atoms with Crippen molar-refractivity contribution in [2.24, 2.45) is 5.41 Å². The number of carbonyl (C=O) groups is 4. The van der Waals surface area contributed by atoms with Crippen molar-refractivity contribution < 1.29 is 33.4 Å². The van der Waals surface area contributed by atoms with Crippen LogP contribution < -0.4 is 20.9 Å². The first-order valence-electron chi connectivity index (χ1n) is 16.9. The van der Waals surface area contributed by atoms with Gasteiger partial charge in [0.2, 0.25) is 5.91 Å². The van der Waals surface area contributed by atoms with Gasteiger partial charge in [0, 0.05) is 68.1 Å². The predicted octanol–water partition coefficient (Wildman–Crippen LogP) is 4.27. The van der Waals surface area contributed by atoms with Gasteiger partial charge < -0.3 is 34.3 Å². The fraction of sp³-hybridized carbons (Fsp3) is 0.432. The molecule has 274 valence electrons. The molecule has 2 aliphatic rings. The van der Waals surface area contributed by atoms with E-state index >= 15 is 0 Å². The molecule has 2 bridgehead atoms. The van der Waals surface area contributed by atoms with Crippen molar-refractivity contribution in [1.29, 1.82) is 0 Å². The summed E-state index contributed by atoms with van der Waals surface area (Å²) < 4.78 is 17.8. The largest absolute Gasteiger partial charge is 0.484 e. The maximum absolute atomic E-state index is 13.9. The number of hydrogen-bond donors (Lipinski definition) is 2. The third kappa shape index (κ3) is 11.0. The van der Waals surface area contributed by atoms with Gasteiger partial charge in [-0.2, -0.15) is 0 Å². The molecular weight excluding hydrogens is 699 g/mol. The summed E-state index contributed by atoms with van der Waals surface area (Å²) in [5, 5.41) is 6.50. The van der Waals surface area contributed by atoms with Crippen LogP contribution in [0.1, 0.15) is 54.1 Å². The van der Waals surface area contributed by atoms with Crippen LogP contribution in [0.25, 0.3) is 0 Å². The molecule has 2 aromatic carbocycles. The third-order valence-corrected chi connectivity index (χ3v) is 9.35. The number of methoxy groups -OCH3 is 1. The second kappa shape index (κ2) is 19.3. The number of amides is 3. The molecule has 12 nitrogen and oxygen atoms in total. The lowest BCUT2D eigenvalue weighted by Crippen LogP contribution is -2.46. The number of rotatable bonds is 8. The number of nitrogens with one attached hydrogen (secondary N) is 2. The van der Waals surface area contributed by atoms with E-state index < -0.39 is 22.9 Å². The summed E-state index contributed by atoms with van der Waals surface area (Å²) in [5.41, 5.74) is -0.336. The van der Waals surface area contributed by atoms with Crippen molar-refractivity contribution in [2.45, 2.75) is 45.6 Å². The van der Waals surface area contributed by atoms with Gasteiger partial charge in [0.05, 0.1) is 18.6 Å². The Labute approximate surface area is 307 Å². The molecule has 2 aliphatic heterocycles. The first-order valence-corrected chi connectivity index (χ1v) is 17.7. The van der Waals surface area contributed by atoms with Crippen LogP contribution >= 0.6 is 23.2 Å². The summed E-state index contributed by atoms with van der Waals surface area (Å²) in [6.07, 6.45) is 2.83. The van der Waals surface area contributed by atoms with Crippen LogP contribution in [0.4, 0.5) is 0 Å². The Morgan fingerprint density at radius 1 is 0.941 bits per heavy atom. The molecule has 1 aromatic heterocycles. The number of nitrogens with zero attached hydrogens (tertiary/aromatic N) is 2. The molecule has 5 rings (SSSR count). The standard InChI is InChI=1S/C37H44Cl2N4O8/c1-3-50-36(48)37(16-21-49-2)22-26-12-14-27(15-13-26)51-24-33(45)40-17-7-20-42(18-6-11-32(44)41-25-37)34(46)28-8-5-19-43(35(28)47)23-29-30(38)9-4-10-31(29)39/h4-5,8-10,12-15,19H,3,6-7,11,16-18,20-25H2,1-2H3,(H,40,45)(H,41,44). The summed E-state index contributed by atoms with van der Waals surface area (Å²) in [5.74, 6) is -1.15. The first-order chi connectivity index (χ1) is 24.6. The Morgan fingerprint density at radius 2 is 1.67 bits per heavy atom. The Bertz CT molecular complexity index is 1710. The topological polar surface area (TPSA) is 145 Å². The van der Waals surface area contributed by atoms with Crippen molar-refractivity contribution in [2.75, 3.05) is 53.1 Å². The number of benzene rings is 2. The summed E-state index contributed by atoms with van der Waals surface area (Å²) in [6.45, 7) is 2.63. The van der Waals surface area contributed by atoms with Gasteiger partial charge in [-0.3, -0.25) is 24.0 Å². The van der Waals surface area contributed by atoms with E-state index in [1.54, 1.807) is 49.5 Å². The van der Waals surface area contributed by atoms with E-state index in [0.29, 0.717) is 34.2 Å². The number of fused-ring (bicyclic) bond motifs is 17. The monoisotopic (exact) mass is 742 g/mol. The van der Waals surface area contributed by atoms with Crippen LogP contribution in [0, 0.1) is 5.41 Å². The molecule has 0 saturated heterocycles. The van der Waals surface area contributed by atoms with Crippen LogP contribution in [0.2, 0.25) is 10.0 Å². The van der Waals surface area contributed by atoms with Crippen molar-refractivity contribution in [3.63, 3.8) is 0 Å². The molecular formula is C37H44Cl2N4O8. The van der Waals surface area contributed by atoms with Gasteiger partial charge in [0.25, 0.3) is 17.4 Å². The Kier molecular flexibility index (Phi) is 14.9. The van der Waals surface area contributed by atoms with E-state index in [1.807, 2.05) is 12.1 Å².